The number of hydrogen-bond donors (Lipinski definition) is 0. The summed E-state index contributed by atoms with van der Waals surface area (Å²) in [7, 11) is 0. The number of para-hydroxylation sites is 4. The van der Waals surface area contributed by atoms with Gasteiger partial charge in [-0.05, 0) is 12.1 Å². The SMILES string of the molecule is Clc1cccc2c1oc1c(-c3cccc4c3oc3ccccc34)cccc12. The molecular formula is C24H13ClO2. The fourth-order valence-electron chi connectivity index (χ4n) is 3.96. The summed E-state index contributed by atoms with van der Waals surface area (Å²) in [6.45, 7) is 0. The van der Waals surface area contributed by atoms with Crippen LogP contribution in [0.3, 0.4) is 0 Å². The molecule has 3 heteroatoms. The third kappa shape index (κ3) is 2.02. The van der Waals surface area contributed by atoms with Crippen LogP contribution in [0.15, 0.2) is 87.7 Å². The predicted octanol–water partition coefficient (Wildman–Crippen LogP) is 7.81. The van der Waals surface area contributed by atoms with E-state index in [4.69, 9.17) is 20.4 Å². The Balaban J connectivity index is 1.76. The smallest absolute Gasteiger partial charge is 0.154 e. The molecule has 0 aliphatic heterocycles. The second kappa shape index (κ2) is 5.38. The molecule has 4 aromatic carbocycles. The van der Waals surface area contributed by atoms with Crippen LogP contribution in [0.25, 0.3) is 55.0 Å². The molecule has 0 N–H and O–H groups in total. The molecule has 6 aromatic rings. The van der Waals surface area contributed by atoms with E-state index in [-0.39, 0.29) is 0 Å². The van der Waals surface area contributed by atoms with E-state index in [1.165, 1.54) is 0 Å². The van der Waals surface area contributed by atoms with Gasteiger partial charge in [0.2, 0.25) is 0 Å². The Morgan fingerprint density at radius 2 is 1.04 bits per heavy atom. The first kappa shape index (κ1) is 14.9. The lowest BCUT2D eigenvalue weighted by Gasteiger charge is -2.03. The minimum atomic E-state index is 0.622. The van der Waals surface area contributed by atoms with Crippen molar-refractivity contribution in [3.8, 4) is 11.1 Å². The molecular weight excluding hydrogens is 356 g/mol. The highest BCUT2D eigenvalue weighted by atomic mass is 35.5. The molecule has 0 unspecified atom stereocenters. The topological polar surface area (TPSA) is 26.3 Å². The molecule has 0 saturated carbocycles. The maximum Gasteiger partial charge on any atom is 0.154 e. The normalized spacial score (nSPS) is 11.9. The van der Waals surface area contributed by atoms with Crippen molar-refractivity contribution in [2.24, 2.45) is 0 Å². The largest absolute Gasteiger partial charge is 0.455 e. The first-order chi connectivity index (χ1) is 13.3. The zero-order chi connectivity index (χ0) is 18.0. The molecule has 0 radical (unpaired) electrons. The van der Waals surface area contributed by atoms with Gasteiger partial charge in [-0.15, -0.1) is 0 Å². The Kier molecular flexibility index (Phi) is 2.97. The molecule has 0 saturated heterocycles. The molecule has 0 spiro atoms. The first-order valence-corrected chi connectivity index (χ1v) is 9.19. The van der Waals surface area contributed by atoms with Gasteiger partial charge in [0.15, 0.2) is 5.58 Å². The van der Waals surface area contributed by atoms with Crippen molar-refractivity contribution >= 4 is 55.5 Å². The van der Waals surface area contributed by atoms with E-state index in [0.29, 0.717) is 5.02 Å². The summed E-state index contributed by atoms with van der Waals surface area (Å²) in [6.07, 6.45) is 0. The van der Waals surface area contributed by atoms with Crippen LogP contribution in [-0.2, 0) is 0 Å². The van der Waals surface area contributed by atoms with Gasteiger partial charge in [0.1, 0.15) is 16.7 Å². The molecule has 128 valence electrons. The second-order valence-corrected chi connectivity index (χ2v) is 7.09. The minimum absolute atomic E-state index is 0.622. The lowest BCUT2D eigenvalue weighted by Crippen LogP contribution is -1.80. The average Bonchev–Trinajstić information content (AvgIpc) is 3.27. The molecule has 27 heavy (non-hydrogen) atoms. The summed E-state index contributed by atoms with van der Waals surface area (Å²) >= 11 is 6.36. The van der Waals surface area contributed by atoms with Crippen LogP contribution in [0.5, 0.6) is 0 Å². The summed E-state index contributed by atoms with van der Waals surface area (Å²) in [5.74, 6) is 0. The third-order valence-corrected chi connectivity index (χ3v) is 5.47. The van der Waals surface area contributed by atoms with Crippen molar-refractivity contribution in [1.82, 2.24) is 0 Å². The average molecular weight is 369 g/mol. The molecule has 0 bridgehead atoms. The quantitative estimate of drug-likeness (QED) is 0.296. The summed E-state index contributed by atoms with van der Waals surface area (Å²) in [4.78, 5) is 0. The van der Waals surface area contributed by atoms with Gasteiger partial charge >= 0.3 is 0 Å². The molecule has 0 fully saturated rings. The van der Waals surface area contributed by atoms with Gasteiger partial charge in [-0.3, -0.25) is 0 Å². The summed E-state index contributed by atoms with van der Waals surface area (Å²) in [5.41, 5.74) is 5.33. The molecule has 2 nitrogen and oxygen atoms in total. The van der Waals surface area contributed by atoms with Crippen LogP contribution in [0.1, 0.15) is 0 Å². The van der Waals surface area contributed by atoms with Crippen molar-refractivity contribution in [3.63, 3.8) is 0 Å². The fourth-order valence-corrected chi connectivity index (χ4v) is 4.17. The molecule has 0 aliphatic rings. The highest BCUT2D eigenvalue weighted by molar-refractivity contribution is 6.36. The highest BCUT2D eigenvalue weighted by Crippen LogP contribution is 2.41. The number of hydrogen-bond acceptors (Lipinski definition) is 2. The Labute approximate surface area is 159 Å². The van der Waals surface area contributed by atoms with Gasteiger partial charge in [0, 0.05) is 32.7 Å². The number of furan rings is 2. The van der Waals surface area contributed by atoms with Gasteiger partial charge in [0.05, 0.1) is 5.02 Å². The van der Waals surface area contributed by atoms with E-state index >= 15 is 0 Å². The summed E-state index contributed by atoms with van der Waals surface area (Å²) in [5, 5.41) is 4.93. The van der Waals surface area contributed by atoms with Gasteiger partial charge in [0.25, 0.3) is 0 Å². The van der Waals surface area contributed by atoms with E-state index in [0.717, 1.165) is 55.0 Å². The maximum absolute atomic E-state index is 6.36. The Morgan fingerprint density at radius 3 is 1.81 bits per heavy atom. The van der Waals surface area contributed by atoms with E-state index in [1.807, 2.05) is 36.4 Å². The van der Waals surface area contributed by atoms with Crippen LogP contribution in [0.2, 0.25) is 5.02 Å². The Morgan fingerprint density at radius 1 is 0.481 bits per heavy atom. The van der Waals surface area contributed by atoms with Crippen LogP contribution < -0.4 is 0 Å². The number of halogens is 1. The minimum Gasteiger partial charge on any atom is -0.455 e. The molecule has 6 rings (SSSR count). The lowest BCUT2D eigenvalue weighted by atomic mass is 10.00. The summed E-state index contributed by atoms with van der Waals surface area (Å²) < 4.78 is 12.4. The van der Waals surface area contributed by atoms with Crippen molar-refractivity contribution < 1.29 is 8.83 Å². The van der Waals surface area contributed by atoms with Crippen LogP contribution >= 0.6 is 11.6 Å². The van der Waals surface area contributed by atoms with Crippen molar-refractivity contribution in [2.45, 2.75) is 0 Å². The first-order valence-electron chi connectivity index (χ1n) is 8.81. The van der Waals surface area contributed by atoms with Gasteiger partial charge in [-0.2, -0.15) is 0 Å². The monoisotopic (exact) mass is 368 g/mol. The van der Waals surface area contributed by atoms with Gasteiger partial charge in [-0.25, -0.2) is 0 Å². The number of rotatable bonds is 1. The Bertz CT molecular complexity index is 1490. The van der Waals surface area contributed by atoms with Crippen molar-refractivity contribution in [1.29, 1.82) is 0 Å². The maximum atomic E-state index is 6.36. The molecule has 0 atom stereocenters. The molecule has 2 heterocycles. The van der Waals surface area contributed by atoms with Crippen LogP contribution in [0, 0.1) is 0 Å². The number of fused-ring (bicyclic) bond motifs is 6. The summed E-state index contributed by atoms with van der Waals surface area (Å²) in [6, 6.07) is 26.4. The van der Waals surface area contributed by atoms with Gasteiger partial charge in [-0.1, -0.05) is 78.3 Å². The fraction of sp³-hybridized carbons (Fsp3) is 0. The molecule has 2 aromatic heterocycles. The van der Waals surface area contributed by atoms with Crippen molar-refractivity contribution in [3.05, 3.63) is 83.9 Å². The lowest BCUT2D eigenvalue weighted by molar-refractivity contribution is 0.665. The molecule has 0 aliphatic carbocycles. The van der Waals surface area contributed by atoms with Crippen molar-refractivity contribution in [2.75, 3.05) is 0 Å². The predicted molar refractivity (Wildman–Crippen MR) is 111 cm³/mol. The zero-order valence-corrected chi connectivity index (χ0v) is 15.0. The molecule has 0 amide bonds. The third-order valence-electron chi connectivity index (χ3n) is 5.17. The van der Waals surface area contributed by atoms with Crippen LogP contribution in [-0.4, -0.2) is 0 Å². The number of benzene rings is 4. The highest BCUT2D eigenvalue weighted by Gasteiger charge is 2.17. The Hall–Kier alpha value is -3.23. The van der Waals surface area contributed by atoms with E-state index in [1.54, 1.807) is 0 Å². The van der Waals surface area contributed by atoms with E-state index in [9.17, 15) is 0 Å². The van der Waals surface area contributed by atoms with E-state index in [2.05, 4.69) is 42.5 Å². The van der Waals surface area contributed by atoms with Crippen LogP contribution in [0.4, 0.5) is 0 Å². The zero-order valence-electron chi connectivity index (χ0n) is 14.2. The van der Waals surface area contributed by atoms with Gasteiger partial charge < -0.3 is 8.83 Å². The standard InChI is InChI=1S/C24H13ClO2/c25-20-12-5-11-19-18-10-4-9-17(23(18)27-24(19)20)16-8-3-7-15-14-6-1-2-13-21(14)26-22(15)16/h1-13H. The van der Waals surface area contributed by atoms with E-state index < -0.39 is 0 Å². The second-order valence-electron chi connectivity index (χ2n) is 6.68.